The standard InChI is InChI=1S/C14H26N2/c1-2-6-13(5-1)16(11-9-15-10-12-16)14-7-3-4-8-14/h13-14H,1-12H2/q+1. The Hall–Kier alpha value is -0.0800. The molecule has 91 valence electrons. The van der Waals surface area contributed by atoms with Gasteiger partial charge >= 0.3 is 0 Å². The van der Waals surface area contributed by atoms with Crippen molar-refractivity contribution in [1.29, 1.82) is 0 Å². The second-order valence-electron chi connectivity index (χ2n) is 6.10. The molecule has 1 radical (unpaired) electrons. The predicted molar refractivity (Wildman–Crippen MR) is 66.4 cm³/mol. The highest BCUT2D eigenvalue weighted by molar-refractivity contribution is 4.78. The summed E-state index contributed by atoms with van der Waals surface area (Å²) in [6.07, 6.45) is 12.0. The maximum absolute atomic E-state index is 4.60. The lowest BCUT2D eigenvalue weighted by molar-refractivity contribution is -0.973. The number of piperazine rings is 1. The van der Waals surface area contributed by atoms with Crippen LogP contribution in [0.5, 0.6) is 0 Å². The number of hydrogen-bond donors (Lipinski definition) is 0. The maximum Gasteiger partial charge on any atom is 0.0934 e. The van der Waals surface area contributed by atoms with Crippen LogP contribution in [-0.2, 0) is 0 Å². The van der Waals surface area contributed by atoms with Crippen molar-refractivity contribution in [3.05, 3.63) is 0 Å². The minimum Gasteiger partial charge on any atom is -0.317 e. The summed E-state index contributed by atoms with van der Waals surface area (Å²) in [5, 5.41) is 4.60. The van der Waals surface area contributed by atoms with E-state index in [9.17, 15) is 0 Å². The normalized spacial score (nSPS) is 32.2. The minimum absolute atomic E-state index is 1.01. The molecule has 3 fully saturated rings. The molecule has 0 bridgehead atoms. The van der Waals surface area contributed by atoms with Crippen molar-refractivity contribution in [2.75, 3.05) is 26.2 Å². The Kier molecular flexibility index (Phi) is 3.21. The summed E-state index contributed by atoms with van der Waals surface area (Å²) >= 11 is 0. The third-order valence-electron chi connectivity index (χ3n) is 5.45. The molecule has 2 nitrogen and oxygen atoms in total. The molecule has 2 saturated carbocycles. The average molecular weight is 222 g/mol. The minimum atomic E-state index is 1.01. The molecule has 2 aliphatic carbocycles. The topological polar surface area (TPSA) is 14.1 Å². The van der Waals surface area contributed by atoms with Crippen LogP contribution in [0.2, 0.25) is 0 Å². The Bertz CT molecular complexity index is 203. The van der Waals surface area contributed by atoms with Crippen LogP contribution in [-0.4, -0.2) is 42.7 Å². The van der Waals surface area contributed by atoms with Crippen molar-refractivity contribution in [3.8, 4) is 0 Å². The van der Waals surface area contributed by atoms with Gasteiger partial charge in [-0.25, -0.2) is 5.32 Å². The largest absolute Gasteiger partial charge is 0.317 e. The van der Waals surface area contributed by atoms with E-state index in [4.69, 9.17) is 0 Å². The van der Waals surface area contributed by atoms with Gasteiger partial charge in [0.15, 0.2) is 0 Å². The third kappa shape index (κ3) is 1.80. The zero-order valence-corrected chi connectivity index (χ0v) is 10.5. The van der Waals surface area contributed by atoms with Gasteiger partial charge in [-0.15, -0.1) is 0 Å². The van der Waals surface area contributed by atoms with E-state index >= 15 is 0 Å². The van der Waals surface area contributed by atoms with Gasteiger partial charge in [0.2, 0.25) is 0 Å². The van der Waals surface area contributed by atoms with E-state index in [2.05, 4.69) is 5.32 Å². The van der Waals surface area contributed by atoms with Crippen LogP contribution in [0.15, 0.2) is 0 Å². The molecule has 0 amide bonds. The van der Waals surface area contributed by atoms with E-state index in [1.54, 1.807) is 0 Å². The molecule has 16 heavy (non-hydrogen) atoms. The molecule has 0 atom stereocenters. The lowest BCUT2D eigenvalue weighted by Gasteiger charge is -2.50. The van der Waals surface area contributed by atoms with Crippen molar-refractivity contribution in [1.82, 2.24) is 5.32 Å². The first kappa shape index (κ1) is 11.0. The Morgan fingerprint density at radius 2 is 1.12 bits per heavy atom. The second kappa shape index (κ2) is 4.66. The Morgan fingerprint density at radius 1 is 0.688 bits per heavy atom. The molecule has 0 aromatic rings. The fraction of sp³-hybridized carbons (Fsp3) is 1.00. The van der Waals surface area contributed by atoms with Crippen LogP contribution >= 0.6 is 0 Å². The molecule has 1 heterocycles. The van der Waals surface area contributed by atoms with Crippen molar-refractivity contribution in [2.45, 2.75) is 63.5 Å². The van der Waals surface area contributed by atoms with E-state index in [0.29, 0.717) is 0 Å². The fourth-order valence-corrected chi connectivity index (χ4v) is 4.60. The number of quaternary nitrogens is 1. The zero-order chi connectivity index (χ0) is 10.8. The van der Waals surface area contributed by atoms with E-state index in [1.807, 2.05) is 0 Å². The molecular formula is C14H26N2+. The quantitative estimate of drug-likeness (QED) is 0.637. The molecule has 1 saturated heterocycles. The van der Waals surface area contributed by atoms with Crippen molar-refractivity contribution >= 4 is 0 Å². The second-order valence-corrected chi connectivity index (χ2v) is 6.10. The maximum atomic E-state index is 4.60. The molecule has 3 aliphatic rings. The summed E-state index contributed by atoms with van der Waals surface area (Å²) in [4.78, 5) is 0. The monoisotopic (exact) mass is 222 g/mol. The van der Waals surface area contributed by atoms with Gasteiger partial charge in [0.1, 0.15) is 0 Å². The molecule has 0 aromatic carbocycles. The molecule has 1 aliphatic heterocycles. The van der Waals surface area contributed by atoms with Gasteiger partial charge in [-0.3, -0.25) is 0 Å². The van der Waals surface area contributed by atoms with Gasteiger partial charge in [0, 0.05) is 0 Å². The zero-order valence-electron chi connectivity index (χ0n) is 10.5. The highest BCUT2D eigenvalue weighted by atomic mass is 15.4. The number of rotatable bonds is 2. The van der Waals surface area contributed by atoms with Crippen molar-refractivity contribution in [3.63, 3.8) is 0 Å². The molecular weight excluding hydrogens is 196 g/mol. The Balaban J connectivity index is 1.79. The van der Waals surface area contributed by atoms with E-state index in [-0.39, 0.29) is 0 Å². The highest BCUT2D eigenvalue weighted by Crippen LogP contribution is 2.38. The smallest absolute Gasteiger partial charge is 0.0934 e. The lowest BCUT2D eigenvalue weighted by atomic mass is 10.0. The van der Waals surface area contributed by atoms with E-state index < -0.39 is 0 Å². The van der Waals surface area contributed by atoms with Gasteiger partial charge in [0.25, 0.3) is 0 Å². The van der Waals surface area contributed by atoms with Crippen molar-refractivity contribution < 1.29 is 4.48 Å². The summed E-state index contributed by atoms with van der Waals surface area (Å²) in [6, 6.07) is 2.03. The highest BCUT2D eigenvalue weighted by Gasteiger charge is 2.46. The molecule has 0 unspecified atom stereocenters. The first-order valence-electron chi connectivity index (χ1n) is 7.41. The summed E-state index contributed by atoms with van der Waals surface area (Å²) in [6.45, 7) is 5.03. The summed E-state index contributed by atoms with van der Waals surface area (Å²) in [5.41, 5.74) is 0. The molecule has 2 heteroatoms. The van der Waals surface area contributed by atoms with Crippen LogP contribution in [0.3, 0.4) is 0 Å². The SMILES string of the molecule is C1CCC([N+]2(C3CCCC3)CC[N]CC2)C1. The molecule has 0 spiro atoms. The molecule has 3 rings (SSSR count). The van der Waals surface area contributed by atoms with Gasteiger partial charge in [0.05, 0.1) is 38.3 Å². The first-order valence-corrected chi connectivity index (χ1v) is 7.41. The Labute approximate surface area is 100.0 Å². The van der Waals surface area contributed by atoms with Gasteiger partial charge in [-0.1, -0.05) is 0 Å². The van der Waals surface area contributed by atoms with Crippen LogP contribution < -0.4 is 5.32 Å². The van der Waals surface area contributed by atoms with E-state index in [1.165, 1.54) is 68.9 Å². The third-order valence-corrected chi connectivity index (χ3v) is 5.45. The summed E-state index contributed by atoms with van der Waals surface area (Å²) < 4.78 is 1.49. The van der Waals surface area contributed by atoms with Gasteiger partial charge in [-0.05, 0) is 51.4 Å². The predicted octanol–water partition coefficient (Wildman–Crippen LogP) is 2.31. The average Bonchev–Trinajstić information content (AvgIpc) is 3.04. The van der Waals surface area contributed by atoms with Gasteiger partial charge in [-0.2, -0.15) is 0 Å². The fourth-order valence-electron chi connectivity index (χ4n) is 4.60. The molecule has 0 N–H and O–H groups in total. The van der Waals surface area contributed by atoms with Crippen LogP contribution in [0.4, 0.5) is 0 Å². The van der Waals surface area contributed by atoms with Crippen LogP contribution in [0.1, 0.15) is 51.4 Å². The Morgan fingerprint density at radius 3 is 1.56 bits per heavy atom. The molecule has 0 aromatic heterocycles. The summed E-state index contributed by atoms with van der Waals surface area (Å²) in [7, 11) is 0. The van der Waals surface area contributed by atoms with Gasteiger partial charge < -0.3 is 4.48 Å². The van der Waals surface area contributed by atoms with Crippen molar-refractivity contribution in [2.24, 2.45) is 0 Å². The van der Waals surface area contributed by atoms with Crippen LogP contribution in [0.25, 0.3) is 0 Å². The summed E-state index contributed by atoms with van der Waals surface area (Å²) in [5.74, 6) is 0. The number of hydrogen-bond acceptors (Lipinski definition) is 0. The van der Waals surface area contributed by atoms with E-state index in [0.717, 1.165) is 25.2 Å². The lowest BCUT2D eigenvalue weighted by Crippen LogP contribution is -2.65. The number of nitrogens with zero attached hydrogens (tertiary/aromatic N) is 2. The first-order chi connectivity index (χ1) is 7.92. The van der Waals surface area contributed by atoms with Crippen LogP contribution in [0, 0.1) is 0 Å².